The highest BCUT2D eigenvalue weighted by Gasteiger charge is 2.21. The number of hydrogen-bond donors (Lipinski definition) is 0. The van der Waals surface area contributed by atoms with Gasteiger partial charge in [0.25, 0.3) is 5.91 Å². The first kappa shape index (κ1) is 22.2. The van der Waals surface area contributed by atoms with Gasteiger partial charge in [-0.2, -0.15) is 0 Å². The largest absolute Gasteiger partial charge is 0.378 e. The molecule has 2 saturated heterocycles. The Bertz CT molecular complexity index is 826. The third-order valence-corrected chi connectivity index (χ3v) is 5.71. The zero-order valence-electron chi connectivity index (χ0n) is 17.3. The second-order valence-electron chi connectivity index (χ2n) is 7.86. The van der Waals surface area contributed by atoms with Gasteiger partial charge in [-0.3, -0.25) is 14.7 Å². The van der Waals surface area contributed by atoms with Crippen molar-refractivity contribution in [3.8, 4) is 11.3 Å². The number of anilines is 1. The molecule has 0 unspecified atom stereocenters. The number of hydrogen-bond acceptors (Lipinski definition) is 6. The van der Waals surface area contributed by atoms with Crippen LogP contribution in [0.15, 0.2) is 36.7 Å². The topological polar surface area (TPSA) is 61.8 Å². The normalized spacial score (nSPS) is 17.7. The molecule has 7 nitrogen and oxygen atoms in total. The van der Waals surface area contributed by atoms with Crippen LogP contribution in [-0.2, 0) is 4.74 Å². The fourth-order valence-electron chi connectivity index (χ4n) is 3.86. The predicted molar refractivity (Wildman–Crippen MR) is 120 cm³/mol. The van der Waals surface area contributed by atoms with E-state index < -0.39 is 0 Å². The molecule has 2 aromatic rings. The van der Waals surface area contributed by atoms with E-state index in [1.54, 1.807) is 0 Å². The summed E-state index contributed by atoms with van der Waals surface area (Å²) in [5.74, 6) is 0.959. The Morgan fingerprint density at radius 1 is 1.00 bits per heavy atom. The lowest BCUT2D eigenvalue weighted by Gasteiger charge is -2.37. The molecule has 0 N–H and O–H groups in total. The van der Waals surface area contributed by atoms with E-state index in [1.165, 1.54) is 0 Å². The van der Waals surface area contributed by atoms with Gasteiger partial charge in [0.1, 0.15) is 5.82 Å². The summed E-state index contributed by atoms with van der Waals surface area (Å²) in [6, 6.07) is 8.23. The van der Waals surface area contributed by atoms with Gasteiger partial charge in [0, 0.05) is 56.4 Å². The lowest BCUT2D eigenvalue weighted by molar-refractivity contribution is 0.0303. The standard InChI is InChI=1S/C22H29N5O2.CH4/c1-17(2)25-6-8-26(9-7-25)21-16-23-20(15-24-21)18-4-3-5-19(14-18)22(28)27-10-12-29-13-11-27;/h3-5,14-17H,6-13H2,1-2H3;1H4. The van der Waals surface area contributed by atoms with Gasteiger partial charge in [-0.05, 0) is 26.0 Å². The van der Waals surface area contributed by atoms with E-state index in [1.807, 2.05) is 41.6 Å². The van der Waals surface area contributed by atoms with Crippen molar-refractivity contribution in [1.82, 2.24) is 19.8 Å². The van der Waals surface area contributed by atoms with Gasteiger partial charge in [0.15, 0.2) is 0 Å². The lowest BCUT2D eigenvalue weighted by Crippen LogP contribution is -2.49. The monoisotopic (exact) mass is 411 g/mol. The molecule has 0 spiro atoms. The first-order chi connectivity index (χ1) is 14.1. The van der Waals surface area contributed by atoms with Crippen LogP contribution in [0.5, 0.6) is 0 Å². The number of benzene rings is 1. The molecule has 0 bridgehead atoms. The fraction of sp³-hybridized carbons (Fsp3) is 0.522. The molecule has 30 heavy (non-hydrogen) atoms. The maximum Gasteiger partial charge on any atom is 0.254 e. The van der Waals surface area contributed by atoms with Crippen LogP contribution in [0.3, 0.4) is 0 Å². The number of morpholine rings is 1. The number of carbonyl (C=O) groups excluding carboxylic acids is 1. The van der Waals surface area contributed by atoms with Crippen LogP contribution in [0, 0.1) is 0 Å². The van der Waals surface area contributed by atoms with Crippen molar-refractivity contribution in [2.45, 2.75) is 27.3 Å². The quantitative estimate of drug-likeness (QED) is 0.771. The first-order valence-electron chi connectivity index (χ1n) is 10.4. The van der Waals surface area contributed by atoms with E-state index in [2.05, 4.69) is 33.6 Å². The second kappa shape index (κ2) is 10.00. The van der Waals surface area contributed by atoms with Crippen molar-refractivity contribution in [1.29, 1.82) is 0 Å². The van der Waals surface area contributed by atoms with E-state index in [9.17, 15) is 4.79 Å². The van der Waals surface area contributed by atoms with Crippen molar-refractivity contribution in [3.63, 3.8) is 0 Å². The first-order valence-corrected chi connectivity index (χ1v) is 10.4. The van der Waals surface area contributed by atoms with E-state index in [0.717, 1.165) is 43.3 Å². The van der Waals surface area contributed by atoms with Gasteiger partial charge in [0.2, 0.25) is 0 Å². The molecular formula is C23H33N5O2. The number of nitrogens with zero attached hydrogens (tertiary/aromatic N) is 5. The summed E-state index contributed by atoms with van der Waals surface area (Å²) in [4.78, 5) is 28.6. The van der Waals surface area contributed by atoms with Crippen molar-refractivity contribution in [2.24, 2.45) is 0 Å². The number of amides is 1. The Morgan fingerprint density at radius 3 is 2.37 bits per heavy atom. The highest BCUT2D eigenvalue weighted by Crippen LogP contribution is 2.21. The van der Waals surface area contributed by atoms with Gasteiger partial charge >= 0.3 is 0 Å². The summed E-state index contributed by atoms with van der Waals surface area (Å²) >= 11 is 0. The second-order valence-corrected chi connectivity index (χ2v) is 7.86. The highest BCUT2D eigenvalue weighted by atomic mass is 16.5. The molecule has 1 amide bonds. The van der Waals surface area contributed by atoms with Gasteiger partial charge in [-0.1, -0.05) is 19.6 Å². The van der Waals surface area contributed by atoms with E-state index in [0.29, 0.717) is 37.9 Å². The van der Waals surface area contributed by atoms with E-state index in [4.69, 9.17) is 4.74 Å². The van der Waals surface area contributed by atoms with E-state index >= 15 is 0 Å². The van der Waals surface area contributed by atoms with Gasteiger partial charge < -0.3 is 14.5 Å². The number of piperazine rings is 1. The lowest BCUT2D eigenvalue weighted by atomic mass is 10.1. The van der Waals surface area contributed by atoms with E-state index in [-0.39, 0.29) is 13.3 Å². The van der Waals surface area contributed by atoms with Crippen LogP contribution < -0.4 is 4.90 Å². The smallest absolute Gasteiger partial charge is 0.254 e. The number of carbonyl (C=O) groups is 1. The third-order valence-electron chi connectivity index (χ3n) is 5.71. The molecule has 2 aliphatic rings. The Hall–Kier alpha value is -2.51. The molecule has 7 heteroatoms. The maximum atomic E-state index is 12.7. The summed E-state index contributed by atoms with van der Waals surface area (Å²) in [6.45, 7) is 11.0. The Labute approximate surface area is 179 Å². The number of aromatic nitrogens is 2. The van der Waals surface area contributed by atoms with Gasteiger partial charge in [-0.25, -0.2) is 4.98 Å². The zero-order chi connectivity index (χ0) is 20.2. The van der Waals surface area contributed by atoms with Crippen molar-refractivity contribution >= 4 is 11.7 Å². The highest BCUT2D eigenvalue weighted by molar-refractivity contribution is 5.95. The molecule has 1 aromatic carbocycles. The zero-order valence-corrected chi connectivity index (χ0v) is 17.3. The molecule has 2 aliphatic heterocycles. The molecule has 1 aromatic heterocycles. The molecule has 0 aliphatic carbocycles. The summed E-state index contributed by atoms with van der Waals surface area (Å²) in [5.41, 5.74) is 2.37. The van der Waals surface area contributed by atoms with Crippen LogP contribution in [0.25, 0.3) is 11.3 Å². The van der Waals surface area contributed by atoms with Crippen LogP contribution >= 0.6 is 0 Å². The van der Waals surface area contributed by atoms with Crippen molar-refractivity contribution in [3.05, 3.63) is 42.2 Å². The number of ether oxygens (including phenoxy) is 1. The Morgan fingerprint density at radius 2 is 1.73 bits per heavy atom. The summed E-state index contributed by atoms with van der Waals surface area (Å²) in [5, 5.41) is 0. The maximum absolute atomic E-state index is 12.7. The molecule has 2 fully saturated rings. The Balaban J connectivity index is 0.00000256. The van der Waals surface area contributed by atoms with Crippen LogP contribution in [0.4, 0.5) is 5.82 Å². The summed E-state index contributed by atoms with van der Waals surface area (Å²) in [6.07, 6.45) is 3.65. The summed E-state index contributed by atoms with van der Waals surface area (Å²) < 4.78 is 5.34. The molecule has 0 atom stereocenters. The third kappa shape index (κ3) is 4.96. The summed E-state index contributed by atoms with van der Waals surface area (Å²) in [7, 11) is 0. The predicted octanol–water partition coefficient (Wildman–Crippen LogP) is 2.78. The average molecular weight is 412 g/mol. The molecule has 0 radical (unpaired) electrons. The molecule has 0 saturated carbocycles. The molecule has 162 valence electrons. The number of rotatable bonds is 4. The van der Waals surface area contributed by atoms with Gasteiger partial charge in [0.05, 0.1) is 31.3 Å². The SMILES string of the molecule is C.CC(C)N1CCN(c2cnc(-c3cccc(C(=O)N4CCOCC4)c3)cn2)CC1. The van der Waals surface area contributed by atoms with Crippen molar-refractivity contribution < 1.29 is 9.53 Å². The minimum Gasteiger partial charge on any atom is -0.378 e. The van der Waals surface area contributed by atoms with Crippen molar-refractivity contribution in [2.75, 3.05) is 57.4 Å². The van der Waals surface area contributed by atoms with Crippen LogP contribution in [-0.4, -0.2) is 84.2 Å². The molecule has 4 rings (SSSR count). The van der Waals surface area contributed by atoms with Gasteiger partial charge in [-0.15, -0.1) is 0 Å². The Kier molecular flexibility index (Phi) is 7.39. The minimum atomic E-state index is 0. The minimum absolute atomic E-state index is 0. The fourth-order valence-corrected chi connectivity index (χ4v) is 3.86. The van der Waals surface area contributed by atoms with Crippen LogP contribution in [0.2, 0.25) is 0 Å². The molecule has 3 heterocycles. The molecular weight excluding hydrogens is 378 g/mol. The van der Waals surface area contributed by atoms with Crippen LogP contribution in [0.1, 0.15) is 31.6 Å². The average Bonchev–Trinajstić information content (AvgIpc) is 2.79.